The van der Waals surface area contributed by atoms with Gasteiger partial charge in [-0.3, -0.25) is 4.79 Å². The first-order valence-electron chi connectivity index (χ1n) is 6.80. The zero-order valence-electron chi connectivity index (χ0n) is 11.6. The van der Waals surface area contributed by atoms with Gasteiger partial charge in [-0.15, -0.1) is 0 Å². The van der Waals surface area contributed by atoms with Crippen molar-refractivity contribution in [1.29, 1.82) is 0 Å². The van der Waals surface area contributed by atoms with Gasteiger partial charge in [0.05, 0.1) is 11.0 Å². The average molecular weight is 356 g/mol. The van der Waals surface area contributed by atoms with Crippen molar-refractivity contribution < 1.29 is 14.3 Å². The van der Waals surface area contributed by atoms with Crippen LogP contribution < -0.4 is 10.1 Å². The molecule has 1 aromatic rings. The Morgan fingerprint density at radius 1 is 1.29 bits per heavy atom. The van der Waals surface area contributed by atoms with E-state index < -0.39 is 0 Å². The minimum atomic E-state index is -0.115. The number of para-hydroxylation sites is 1. The molecule has 3 amide bonds. The van der Waals surface area contributed by atoms with Crippen LogP contribution in [0.3, 0.4) is 0 Å². The molecule has 0 aromatic heterocycles. The summed E-state index contributed by atoms with van der Waals surface area (Å²) in [6, 6.07) is 7.46. The fraction of sp³-hybridized carbons (Fsp3) is 0.429. The predicted molar refractivity (Wildman–Crippen MR) is 82.2 cm³/mol. The van der Waals surface area contributed by atoms with Crippen molar-refractivity contribution in [2.24, 2.45) is 0 Å². The number of benzene rings is 1. The molecule has 1 fully saturated rings. The Bertz CT molecular complexity index is 490. The van der Waals surface area contributed by atoms with E-state index in [1.54, 1.807) is 9.80 Å². The van der Waals surface area contributed by atoms with Crippen molar-refractivity contribution in [2.45, 2.75) is 0 Å². The average Bonchev–Trinajstić information content (AvgIpc) is 2.53. The topological polar surface area (TPSA) is 61.9 Å². The molecule has 0 unspecified atom stereocenters. The maximum Gasteiger partial charge on any atom is 0.317 e. The van der Waals surface area contributed by atoms with E-state index >= 15 is 0 Å². The quantitative estimate of drug-likeness (QED) is 0.639. The van der Waals surface area contributed by atoms with Gasteiger partial charge in [0, 0.05) is 26.2 Å². The fourth-order valence-electron chi connectivity index (χ4n) is 2.02. The van der Waals surface area contributed by atoms with Crippen molar-refractivity contribution in [3.05, 3.63) is 28.7 Å². The highest BCUT2D eigenvalue weighted by atomic mass is 79.9. The van der Waals surface area contributed by atoms with E-state index in [1.807, 2.05) is 24.3 Å². The number of rotatable bonds is 5. The van der Waals surface area contributed by atoms with E-state index in [4.69, 9.17) is 4.74 Å². The lowest BCUT2D eigenvalue weighted by Crippen LogP contribution is -2.51. The number of carbonyl (C=O) groups excluding carboxylic acids is 2. The number of hydrogen-bond acceptors (Lipinski definition) is 3. The van der Waals surface area contributed by atoms with E-state index in [1.165, 1.54) is 0 Å². The Morgan fingerprint density at radius 2 is 2.00 bits per heavy atom. The molecule has 1 N–H and O–H groups in total. The first-order chi connectivity index (χ1) is 10.2. The number of halogens is 1. The third kappa shape index (κ3) is 4.63. The molecule has 0 atom stereocenters. The molecule has 0 spiro atoms. The van der Waals surface area contributed by atoms with Crippen molar-refractivity contribution >= 4 is 28.4 Å². The number of nitrogens with one attached hydrogen (secondary N) is 1. The summed E-state index contributed by atoms with van der Waals surface area (Å²) in [7, 11) is 0. The van der Waals surface area contributed by atoms with Crippen LogP contribution in [0.5, 0.6) is 5.75 Å². The van der Waals surface area contributed by atoms with Crippen LogP contribution in [0.25, 0.3) is 0 Å². The summed E-state index contributed by atoms with van der Waals surface area (Å²) < 4.78 is 6.46. The Morgan fingerprint density at radius 3 is 2.67 bits per heavy atom. The second-order valence-electron chi connectivity index (χ2n) is 4.64. The van der Waals surface area contributed by atoms with E-state index in [9.17, 15) is 9.59 Å². The maximum atomic E-state index is 11.9. The highest BCUT2D eigenvalue weighted by Crippen LogP contribution is 2.23. The van der Waals surface area contributed by atoms with Crippen LogP contribution in [0.4, 0.5) is 4.79 Å². The van der Waals surface area contributed by atoms with Gasteiger partial charge in [0.25, 0.3) is 0 Å². The van der Waals surface area contributed by atoms with Gasteiger partial charge in [-0.1, -0.05) is 12.1 Å². The molecule has 1 heterocycles. The molecule has 1 aliphatic rings. The van der Waals surface area contributed by atoms with Crippen LogP contribution >= 0.6 is 15.9 Å². The van der Waals surface area contributed by atoms with Crippen LogP contribution in [0.15, 0.2) is 28.7 Å². The van der Waals surface area contributed by atoms with Gasteiger partial charge in [0.1, 0.15) is 12.4 Å². The molecule has 6 nitrogen and oxygen atoms in total. The summed E-state index contributed by atoms with van der Waals surface area (Å²) in [5.41, 5.74) is 0. The predicted octanol–water partition coefficient (Wildman–Crippen LogP) is 1.31. The van der Waals surface area contributed by atoms with Crippen LogP contribution in [0.1, 0.15) is 0 Å². The first-order valence-corrected chi connectivity index (χ1v) is 7.59. The third-order valence-corrected chi connectivity index (χ3v) is 3.88. The largest absolute Gasteiger partial charge is 0.491 e. The SMILES string of the molecule is O=CN1CCN(C(=O)NCCOc2ccccc2Br)CC1. The molecule has 1 saturated heterocycles. The summed E-state index contributed by atoms with van der Waals surface area (Å²) in [5, 5.41) is 2.81. The molecule has 0 saturated carbocycles. The van der Waals surface area contributed by atoms with Crippen LogP contribution in [-0.4, -0.2) is 61.6 Å². The van der Waals surface area contributed by atoms with Crippen LogP contribution in [0.2, 0.25) is 0 Å². The van der Waals surface area contributed by atoms with Crippen LogP contribution in [0, 0.1) is 0 Å². The number of hydrogen-bond donors (Lipinski definition) is 1. The van der Waals surface area contributed by atoms with Crippen molar-refractivity contribution in [3.63, 3.8) is 0 Å². The fourth-order valence-corrected chi connectivity index (χ4v) is 2.42. The van der Waals surface area contributed by atoms with E-state index in [-0.39, 0.29) is 6.03 Å². The monoisotopic (exact) mass is 355 g/mol. The third-order valence-electron chi connectivity index (χ3n) is 3.22. The molecule has 21 heavy (non-hydrogen) atoms. The normalized spacial score (nSPS) is 14.7. The smallest absolute Gasteiger partial charge is 0.317 e. The maximum absolute atomic E-state index is 11.9. The highest BCUT2D eigenvalue weighted by Gasteiger charge is 2.19. The zero-order valence-corrected chi connectivity index (χ0v) is 13.2. The summed E-state index contributed by atoms with van der Waals surface area (Å²) in [4.78, 5) is 25.9. The van der Waals surface area contributed by atoms with Gasteiger partial charge in [-0.25, -0.2) is 4.79 Å². The standard InChI is InChI=1S/C14H18BrN3O3/c15-12-3-1-2-4-13(12)21-10-5-16-14(20)18-8-6-17(11-19)7-9-18/h1-4,11H,5-10H2,(H,16,20). The van der Waals surface area contributed by atoms with Gasteiger partial charge < -0.3 is 19.9 Å². The van der Waals surface area contributed by atoms with Crippen molar-refractivity contribution in [2.75, 3.05) is 39.3 Å². The second kappa shape index (κ2) is 7.87. The molecule has 0 bridgehead atoms. The summed E-state index contributed by atoms with van der Waals surface area (Å²) in [5.74, 6) is 0.756. The number of urea groups is 1. The van der Waals surface area contributed by atoms with Crippen LogP contribution in [-0.2, 0) is 4.79 Å². The summed E-state index contributed by atoms with van der Waals surface area (Å²) in [6.07, 6.45) is 0.820. The minimum absolute atomic E-state index is 0.115. The van der Waals surface area contributed by atoms with Crippen molar-refractivity contribution in [1.82, 2.24) is 15.1 Å². The molecule has 7 heteroatoms. The number of amides is 3. The first kappa shape index (κ1) is 15.6. The summed E-state index contributed by atoms with van der Waals surface area (Å²) >= 11 is 3.40. The number of piperazine rings is 1. The second-order valence-corrected chi connectivity index (χ2v) is 5.49. The molecular formula is C14H18BrN3O3. The molecular weight excluding hydrogens is 338 g/mol. The lowest BCUT2D eigenvalue weighted by atomic mass is 10.3. The molecule has 1 aliphatic heterocycles. The lowest BCUT2D eigenvalue weighted by molar-refractivity contribution is -0.119. The molecule has 0 radical (unpaired) electrons. The number of nitrogens with zero attached hydrogens (tertiary/aromatic N) is 2. The van der Waals surface area contributed by atoms with Gasteiger partial charge in [0.2, 0.25) is 6.41 Å². The Hall–Kier alpha value is -1.76. The molecule has 0 aliphatic carbocycles. The lowest BCUT2D eigenvalue weighted by Gasteiger charge is -2.32. The van der Waals surface area contributed by atoms with Crippen molar-refractivity contribution in [3.8, 4) is 5.75 Å². The van der Waals surface area contributed by atoms with Gasteiger partial charge in [-0.05, 0) is 28.1 Å². The van der Waals surface area contributed by atoms with E-state index in [0.717, 1.165) is 16.6 Å². The Balaban J connectivity index is 1.66. The molecule has 2 rings (SSSR count). The number of ether oxygens (including phenoxy) is 1. The van der Waals surface area contributed by atoms with Gasteiger partial charge in [-0.2, -0.15) is 0 Å². The molecule has 114 valence electrons. The summed E-state index contributed by atoms with van der Waals surface area (Å²) in [6.45, 7) is 3.15. The molecule has 1 aromatic carbocycles. The minimum Gasteiger partial charge on any atom is -0.491 e. The Labute approximate surface area is 132 Å². The highest BCUT2D eigenvalue weighted by molar-refractivity contribution is 9.10. The van der Waals surface area contributed by atoms with Gasteiger partial charge >= 0.3 is 6.03 Å². The number of carbonyl (C=O) groups is 2. The zero-order chi connectivity index (χ0) is 15.1. The van der Waals surface area contributed by atoms with Gasteiger partial charge in [0.15, 0.2) is 0 Å². The van der Waals surface area contributed by atoms with E-state index in [0.29, 0.717) is 39.3 Å². The Kier molecular flexibility index (Phi) is 5.86. The van der Waals surface area contributed by atoms with E-state index in [2.05, 4.69) is 21.2 Å².